The number of halogens is 3. The van der Waals surface area contributed by atoms with Crippen molar-refractivity contribution in [1.82, 2.24) is 5.01 Å². The van der Waals surface area contributed by atoms with Crippen molar-refractivity contribution in [2.75, 3.05) is 40.6 Å². The third-order valence-electron chi connectivity index (χ3n) is 5.37. The summed E-state index contributed by atoms with van der Waals surface area (Å²) < 4.78 is 57.0. The SMILES string of the molecule is COCCOC.C\C=C/C(F)=C\C(=C\F)C1=NN(C(C)=O)[C@@]2(S1)c1cc(F)ccc1OC[C@H]2CCN. The molecule has 2 aliphatic heterocycles. The zero-order valence-corrected chi connectivity index (χ0v) is 21.6. The van der Waals surface area contributed by atoms with Crippen molar-refractivity contribution in [3.63, 3.8) is 0 Å². The van der Waals surface area contributed by atoms with Crippen LogP contribution in [0.3, 0.4) is 0 Å². The highest BCUT2D eigenvalue weighted by Gasteiger charge is 2.56. The van der Waals surface area contributed by atoms with Gasteiger partial charge in [0.15, 0.2) is 4.87 Å². The fraction of sp³-hybridized carbons (Fsp3) is 0.440. The van der Waals surface area contributed by atoms with Crippen molar-refractivity contribution in [3.05, 3.63) is 65.5 Å². The average Bonchev–Trinajstić information content (AvgIpc) is 3.25. The minimum absolute atomic E-state index is 0.103. The van der Waals surface area contributed by atoms with Gasteiger partial charge in [-0.15, -0.1) is 0 Å². The fourth-order valence-electron chi connectivity index (χ4n) is 3.80. The van der Waals surface area contributed by atoms with Gasteiger partial charge in [0, 0.05) is 38.2 Å². The van der Waals surface area contributed by atoms with Crippen molar-refractivity contribution in [2.45, 2.75) is 25.1 Å². The summed E-state index contributed by atoms with van der Waals surface area (Å²) in [7, 11) is 3.30. The summed E-state index contributed by atoms with van der Waals surface area (Å²) >= 11 is 1.07. The normalized spacial score (nSPS) is 21.7. The van der Waals surface area contributed by atoms with E-state index in [9.17, 15) is 18.0 Å². The molecule has 36 heavy (non-hydrogen) atoms. The molecular formula is C25H32F3N3O4S. The lowest BCUT2D eigenvalue weighted by Gasteiger charge is -2.45. The molecule has 1 amide bonds. The van der Waals surface area contributed by atoms with E-state index in [-0.39, 0.29) is 29.5 Å². The highest BCUT2D eigenvalue weighted by Crippen LogP contribution is 2.57. The molecule has 0 aromatic heterocycles. The zero-order valence-electron chi connectivity index (χ0n) is 20.8. The van der Waals surface area contributed by atoms with Gasteiger partial charge in [-0.05, 0) is 50.2 Å². The second kappa shape index (κ2) is 14.2. The second-order valence-corrected chi connectivity index (χ2v) is 9.05. The number of carbonyl (C=O) groups excluding carboxylic acids is 1. The number of hydrogen-bond acceptors (Lipinski definition) is 7. The minimum atomic E-state index is -1.19. The largest absolute Gasteiger partial charge is 0.493 e. The molecule has 2 atom stereocenters. The molecule has 1 aromatic carbocycles. The number of allylic oxidation sites excluding steroid dienone is 4. The van der Waals surface area contributed by atoms with Crippen LogP contribution in [0, 0.1) is 11.7 Å². The molecule has 0 saturated carbocycles. The Balaban J connectivity index is 0.000000678. The molecule has 0 radical (unpaired) electrons. The van der Waals surface area contributed by atoms with E-state index in [1.807, 2.05) is 0 Å². The molecule has 2 N–H and O–H groups in total. The Labute approximate surface area is 213 Å². The van der Waals surface area contributed by atoms with E-state index in [4.69, 9.17) is 10.5 Å². The third kappa shape index (κ3) is 6.78. The van der Waals surface area contributed by atoms with E-state index in [0.29, 0.717) is 37.5 Å². The Kier molecular flexibility index (Phi) is 11.7. The Bertz CT molecular complexity index is 1030. The maximum atomic E-state index is 14.2. The number of rotatable bonds is 8. The smallest absolute Gasteiger partial charge is 0.241 e. The van der Waals surface area contributed by atoms with Crippen molar-refractivity contribution in [3.8, 4) is 5.75 Å². The zero-order chi connectivity index (χ0) is 26.7. The topological polar surface area (TPSA) is 86.4 Å². The first-order valence-electron chi connectivity index (χ1n) is 11.3. The van der Waals surface area contributed by atoms with Crippen molar-refractivity contribution in [2.24, 2.45) is 16.8 Å². The summed E-state index contributed by atoms with van der Waals surface area (Å²) in [6.45, 7) is 4.84. The summed E-state index contributed by atoms with van der Waals surface area (Å²) in [5.41, 5.74) is 6.06. The number of benzene rings is 1. The summed E-state index contributed by atoms with van der Waals surface area (Å²) in [6.07, 6.45) is 4.33. The van der Waals surface area contributed by atoms with Crippen LogP contribution in [0.2, 0.25) is 0 Å². The molecule has 1 spiro atoms. The Morgan fingerprint density at radius 2 is 2.06 bits per heavy atom. The molecule has 2 aliphatic rings. The highest BCUT2D eigenvalue weighted by atomic mass is 32.2. The second-order valence-electron chi connectivity index (χ2n) is 7.84. The molecule has 1 aromatic rings. The number of hydrazone groups is 1. The van der Waals surface area contributed by atoms with E-state index >= 15 is 0 Å². The average molecular weight is 528 g/mol. The van der Waals surface area contributed by atoms with Crippen molar-refractivity contribution >= 4 is 22.7 Å². The van der Waals surface area contributed by atoms with E-state index < -0.39 is 22.4 Å². The Morgan fingerprint density at radius 3 is 2.61 bits per heavy atom. The molecule has 0 saturated heterocycles. The van der Waals surface area contributed by atoms with E-state index in [0.717, 1.165) is 17.8 Å². The van der Waals surface area contributed by atoms with Crippen LogP contribution in [0.4, 0.5) is 13.2 Å². The molecular weight excluding hydrogens is 495 g/mol. The predicted molar refractivity (Wildman–Crippen MR) is 135 cm³/mol. The number of carbonyl (C=O) groups is 1. The Hall–Kier alpha value is -2.60. The summed E-state index contributed by atoms with van der Waals surface area (Å²) in [6, 6.07) is 4.03. The number of hydrogen-bond donors (Lipinski definition) is 1. The van der Waals surface area contributed by atoms with Gasteiger partial charge in [-0.2, -0.15) is 5.10 Å². The summed E-state index contributed by atoms with van der Waals surface area (Å²) in [5, 5.41) is 5.62. The maximum absolute atomic E-state index is 14.2. The van der Waals surface area contributed by atoms with Gasteiger partial charge >= 0.3 is 0 Å². The first-order chi connectivity index (χ1) is 17.3. The molecule has 0 bridgehead atoms. The molecule has 198 valence electrons. The van der Waals surface area contributed by atoms with Gasteiger partial charge < -0.3 is 19.9 Å². The maximum Gasteiger partial charge on any atom is 0.241 e. The van der Waals surface area contributed by atoms with Gasteiger partial charge in [-0.1, -0.05) is 17.8 Å². The van der Waals surface area contributed by atoms with Crippen LogP contribution < -0.4 is 10.5 Å². The molecule has 0 unspecified atom stereocenters. The van der Waals surface area contributed by atoms with Crippen LogP contribution in [0.1, 0.15) is 25.8 Å². The van der Waals surface area contributed by atoms with Gasteiger partial charge in [0.1, 0.15) is 22.4 Å². The fourth-order valence-corrected chi connectivity index (χ4v) is 5.31. The van der Waals surface area contributed by atoms with Gasteiger partial charge in [-0.3, -0.25) is 4.79 Å². The van der Waals surface area contributed by atoms with Crippen LogP contribution in [0.25, 0.3) is 0 Å². The van der Waals surface area contributed by atoms with Crippen molar-refractivity contribution in [1.29, 1.82) is 0 Å². The number of nitrogens with zero attached hydrogens (tertiary/aromatic N) is 2. The lowest BCUT2D eigenvalue weighted by atomic mass is 9.86. The standard InChI is InChI=1S/C21H22F3N3O2S.C4H10O2/c1-3-4-16(23)9-14(11-22)20-26-27(13(2)28)21(30-20)15(7-8-25)12-29-19-6-5-17(24)10-18(19)21;1-5-3-4-6-2/h3-6,9-11,15H,7-8,12,25H2,1-2H3;3-4H2,1-2H3/b4-3-,14-11-,16-9+;/t15-,21+;/m1./s1. The van der Waals surface area contributed by atoms with Crippen molar-refractivity contribution < 1.29 is 32.2 Å². The molecule has 0 aliphatic carbocycles. The first kappa shape index (κ1) is 29.6. The Morgan fingerprint density at radius 1 is 1.36 bits per heavy atom. The summed E-state index contributed by atoms with van der Waals surface area (Å²) in [4.78, 5) is 11.4. The van der Waals surface area contributed by atoms with Gasteiger partial charge in [0.25, 0.3) is 0 Å². The number of nitrogens with two attached hydrogens (primary N) is 1. The van der Waals surface area contributed by atoms with Gasteiger partial charge in [-0.25, -0.2) is 18.2 Å². The predicted octanol–water partition coefficient (Wildman–Crippen LogP) is 4.81. The van der Waals surface area contributed by atoms with Crippen LogP contribution in [-0.4, -0.2) is 56.5 Å². The molecule has 0 fully saturated rings. The van der Waals surface area contributed by atoms with Crippen LogP contribution in [0.15, 0.2) is 59.3 Å². The van der Waals surface area contributed by atoms with E-state index in [2.05, 4.69) is 14.6 Å². The van der Waals surface area contributed by atoms with Gasteiger partial charge in [0.05, 0.1) is 26.2 Å². The number of ether oxygens (including phenoxy) is 3. The third-order valence-corrected chi connectivity index (χ3v) is 6.92. The molecule has 11 heteroatoms. The molecule has 3 rings (SSSR count). The first-order valence-corrected chi connectivity index (χ1v) is 12.1. The van der Waals surface area contributed by atoms with Crippen LogP contribution >= 0.6 is 11.8 Å². The monoisotopic (exact) mass is 527 g/mol. The molecule has 2 heterocycles. The van der Waals surface area contributed by atoms with Gasteiger partial charge in [0.2, 0.25) is 5.91 Å². The minimum Gasteiger partial charge on any atom is -0.493 e. The number of fused-ring (bicyclic) bond motifs is 2. The number of methoxy groups -OCH3 is 2. The lowest BCUT2D eigenvalue weighted by molar-refractivity contribution is -0.134. The highest BCUT2D eigenvalue weighted by molar-refractivity contribution is 8.15. The number of thioether (sulfide) groups is 1. The summed E-state index contributed by atoms with van der Waals surface area (Å²) in [5.74, 6) is -1.55. The van der Waals surface area contributed by atoms with Crippen LogP contribution in [-0.2, 0) is 19.1 Å². The lowest BCUT2D eigenvalue weighted by Crippen LogP contribution is -2.51. The number of amides is 1. The van der Waals surface area contributed by atoms with E-state index in [1.54, 1.807) is 21.1 Å². The van der Waals surface area contributed by atoms with E-state index in [1.165, 1.54) is 42.3 Å². The molecule has 7 nitrogen and oxygen atoms in total. The van der Waals surface area contributed by atoms with Crippen LogP contribution in [0.5, 0.6) is 5.75 Å². The quantitative estimate of drug-likeness (QED) is 0.386.